The molecule has 0 aliphatic carbocycles. The predicted octanol–water partition coefficient (Wildman–Crippen LogP) is 1.90. The van der Waals surface area contributed by atoms with Gasteiger partial charge in [-0.1, -0.05) is 0 Å². The van der Waals surface area contributed by atoms with Gasteiger partial charge in [0.1, 0.15) is 0 Å². The molecule has 3 unspecified atom stereocenters. The van der Waals surface area contributed by atoms with Gasteiger partial charge in [0.05, 0.1) is 25.2 Å². The number of likely N-dealkylation sites (tertiary alicyclic amines) is 1. The third kappa shape index (κ3) is 3.19. The summed E-state index contributed by atoms with van der Waals surface area (Å²) in [7, 11) is 0. The largest absolute Gasteiger partial charge is 0.350 e. The zero-order valence-electron chi connectivity index (χ0n) is 10.8. The van der Waals surface area contributed by atoms with Crippen LogP contribution in [-0.2, 0) is 9.47 Å². The van der Waals surface area contributed by atoms with Gasteiger partial charge in [0.15, 0.2) is 6.29 Å². The predicted molar refractivity (Wildman–Crippen MR) is 64.3 cm³/mol. The number of nitriles is 1. The minimum atomic E-state index is -0.0994. The molecule has 0 N–H and O–H groups in total. The first-order valence-corrected chi connectivity index (χ1v) is 6.60. The van der Waals surface area contributed by atoms with E-state index in [-0.39, 0.29) is 12.4 Å². The minimum Gasteiger partial charge on any atom is -0.350 e. The van der Waals surface area contributed by atoms with Gasteiger partial charge in [-0.2, -0.15) is 5.26 Å². The molecule has 0 radical (unpaired) electrons. The normalized spacial score (nSPS) is 34.4. The maximum Gasteiger partial charge on any atom is 0.159 e. The van der Waals surface area contributed by atoms with E-state index >= 15 is 0 Å². The van der Waals surface area contributed by atoms with E-state index in [1.54, 1.807) is 0 Å². The van der Waals surface area contributed by atoms with Crippen LogP contribution in [0.1, 0.15) is 39.5 Å². The maximum absolute atomic E-state index is 8.62. The van der Waals surface area contributed by atoms with Gasteiger partial charge in [0.2, 0.25) is 0 Å². The summed E-state index contributed by atoms with van der Waals surface area (Å²) < 4.78 is 11.3. The molecule has 2 aliphatic heterocycles. The Hall–Kier alpha value is -0.630. The van der Waals surface area contributed by atoms with Crippen molar-refractivity contribution in [3.05, 3.63) is 0 Å². The van der Waals surface area contributed by atoms with Crippen LogP contribution in [0, 0.1) is 11.3 Å². The van der Waals surface area contributed by atoms with Crippen molar-refractivity contribution < 1.29 is 9.47 Å². The molecule has 0 aromatic heterocycles. The van der Waals surface area contributed by atoms with Crippen molar-refractivity contribution in [1.82, 2.24) is 4.90 Å². The van der Waals surface area contributed by atoms with Crippen LogP contribution in [0.25, 0.3) is 0 Å². The molecular weight excluding hydrogens is 216 g/mol. The zero-order valence-corrected chi connectivity index (χ0v) is 10.8. The Morgan fingerprint density at radius 1 is 1.47 bits per heavy atom. The summed E-state index contributed by atoms with van der Waals surface area (Å²) in [5.41, 5.74) is 0. The number of nitrogens with zero attached hydrogens (tertiary/aromatic N) is 2. The highest BCUT2D eigenvalue weighted by Crippen LogP contribution is 2.27. The molecule has 0 spiro atoms. The van der Waals surface area contributed by atoms with Gasteiger partial charge in [-0.05, 0) is 33.2 Å². The van der Waals surface area contributed by atoms with Crippen LogP contribution in [0.15, 0.2) is 0 Å². The Morgan fingerprint density at radius 2 is 2.29 bits per heavy atom. The molecule has 4 nitrogen and oxygen atoms in total. The van der Waals surface area contributed by atoms with Gasteiger partial charge in [-0.25, -0.2) is 0 Å². The lowest BCUT2D eigenvalue weighted by molar-refractivity contribution is -0.0740. The molecule has 2 saturated heterocycles. The first-order valence-electron chi connectivity index (χ1n) is 6.60. The van der Waals surface area contributed by atoms with E-state index in [9.17, 15) is 0 Å². The average molecular weight is 238 g/mol. The van der Waals surface area contributed by atoms with Crippen LogP contribution in [0.2, 0.25) is 0 Å². The van der Waals surface area contributed by atoms with Crippen LogP contribution in [0.4, 0.5) is 0 Å². The number of rotatable bonds is 4. The highest BCUT2D eigenvalue weighted by molar-refractivity contribution is 4.85. The molecule has 2 heterocycles. The topological polar surface area (TPSA) is 45.5 Å². The average Bonchev–Trinajstić information content (AvgIpc) is 2.89. The molecule has 0 aromatic rings. The molecular formula is C13H22N2O2. The van der Waals surface area contributed by atoms with Crippen molar-refractivity contribution in [3.8, 4) is 6.07 Å². The van der Waals surface area contributed by atoms with Crippen molar-refractivity contribution in [2.75, 3.05) is 13.2 Å². The molecule has 0 saturated carbocycles. The fourth-order valence-electron chi connectivity index (χ4n) is 2.85. The number of hydrogen-bond acceptors (Lipinski definition) is 4. The minimum absolute atomic E-state index is 0.0149. The van der Waals surface area contributed by atoms with E-state index in [4.69, 9.17) is 14.7 Å². The molecule has 2 fully saturated rings. The molecule has 0 amide bonds. The van der Waals surface area contributed by atoms with E-state index in [0.29, 0.717) is 25.1 Å². The SMILES string of the molecule is CC(C)N1CCCC1CC1OCC(CC#N)O1. The van der Waals surface area contributed by atoms with Gasteiger partial charge in [0.25, 0.3) is 0 Å². The Morgan fingerprint density at radius 3 is 3.00 bits per heavy atom. The lowest BCUT2D eigenvalue weighted by Crippen LogP contribution is -2.37. The summed E-state index contributed by atoms with van der Waals surface area (Å²) in [6, 6.07) is 3.32. The molecule has 3 atom stereocenters. The van der Waals surface area contributed by atoms with Gasteiger partial charge in [-0.15, -0.1) is 0 Å². The molecule has 96 valence electrons. The zero-order chi connectivity index (χ0) is 12.3. The highest BCUT2D eigenvalue weighted by Gasteiger charge is 2.33. The van der Waals surface area contributed by atoms with Crippen molar-refractivity contribution in [2.24, 2.45) is 0 Å². The van der Waals surface area contributed by atoms with E-state index in [2.05, 4.69) is 24.8 Å². The lowest BCUT2D eigenvalue weighted by atomic mass is 10.1. The van der Waals surface area contributed by atoms with Crippen LogP contribution >= 0.6 is 0 Å². The van der Waals surface area contributed by atoms with Crippen LogP contribution in [-0.4, -0.2) is 42.5 Å². The van der Waals surface area contributed by atoms with E-state index < -0.39 is 0 Å². The number of ether oxygens (including phenoxy) is 2. The third-order valence-electron chi connectivity index (χ3n) is 3.68. The lowest BCUT2D eigenvalue weighted by Gasteiger charge is -2.29. The molecule has 0 aromatic carbocycles. The first-order chi connectivity index (χ1) is 8.20. The van der Waals surface area contributed by atoms with E-state index in [0.717, 1.165) is 6.42 Å². The van der Waals surface area contributed by atoms with E-state index in [1.165, 1.54) is 19.4 Å². The van der Waals surface area contributed by atoms with Crippen molar-refractivity contribution in [2.45, 2.75) is 64.0 Å². The smallest absolute Gasteiger partial charge is 0.159 e. The third-order valence-corrected chi connectivity index (χ3v) is 3.68. The monoisotopic (exact) mass is 238 g/mol. The van der Waals surface area contributed by atoms with Gasteiger partial charge in [0, 0.05) is 18.5 Å². The Bertz CT molecular complexity index is 288. The van der Waals surface area contributed by atoms with Crippen LogP contribution in [0.5, 0.6) is 0 Å². The van der Waals surface area contributed by atoms with Gasteiger partial charge >= 0.3 is 0 Å². The quantitative estimate of drug-likeness (QED) is 0.750. The molecule has 2 rings (SSSR count). The summed E-state index contributed by atoms with van der Waals surface area (Å²) >= 11 is 0. The highest BCUT2D eigenvalue weighted by atomic mass is 16.7. The van der Waals surface area contributed by atoms with E-state index in [1.807, 2.05) is 0 Å². The molecule has 0 bridgehead atoms. The second-order valence-corrected chi connectivity index (χ2v) is 5.25. The van der Waals surface area contributed by atoms with Crippen molar-refractivity contribution in [1.29, 1.82) is 5.26 Å². The summed E-state index contributed by atoms with van der Waals surface area (Å²) in [6.07, 6.45) is 3.79. The van der Waals surface area contributed by atoms with Crippen molar-refractivity contribution >= 4 is 0 Å². The Kier molecular flexibility index (Phi) is 4.38. The fourth-order valence-corrected chi connectivity index (χ4v) is 2.85. The number of hydrogen-bond donors (Lipinski definition) is 0. The van der Waals surface area contributed by atoms with Crippen LogP contribution < -0.4 is 0 Å². The van der Waals surface area contributed by atoms with Gasteiger partial charge < -0.3 is 9.47 Å². The summed E-state index contributed by atoms with van der Waals surface area (Å²) in [5.74, 6) is 0. The maximum atomic E-state index is 8.62. The Labute approximate surface area is 103 Å². The van der Waals surface area contributed by atoms with Gasteiger partial charge in [-0.3, -0.25) is 4.90 Å². The standard InChI is InChI=1S/C13H22N2O2/c1-10(2)15-7-3-4-11(15)8-13-16-9-12(17-13)5-6-14/h10-13H,3-5,7-9H2,1-2H3. The second kappa shape index (κ2) is 5.81. The molecule has 4 heteroatoms. The first kappa shape index (κ1) is 12.8. The van der Waals surface area contributed by atoms with Crippen LogP contribution in [0.3, 0.4) is 0 Å². The van der Waals surface area contributed by atoms with Crippen molar-refractivity contribution in [3.63, 3.8) is 0 Å². The Balaban J connectivity index is 1.80. The fraction of sp³-hybridized carbons (Fsp3) is 0.923. The molecule has 2 aliphatic rings. The summed E-state index contributed by atoms with van der Waals surface area (Å²) in [5, 5.41) is 8.62. The summed E-state index contributed by atoms with van der Waals surface area (Å²) in [4.78, 5) is 2.53. The molecule has 17 heavy (non-hydrogen) atoms. The second-order valence-electron chi connectivity index (χ2n) is 5.25. The summed E-state index contributed by atoms with van der Waals surface area (Å²) in [6.45, 7) is 6.25.